The van der Waals surface area contributed by atoms with E-state index in [2.05, 4.69) is 48.3 Å². The molecule has 1 aromatic carbocycles. The molecule has 1 atom stereocenters. The van der Waals surface area contributed by atoms with Crippen LogP contribution in [0.2, 0.25) is 0 Å². The average molecular weight is 274 g/mol. The molecule has 1 amide bonds. The first-order valence-corrected chi connectivity index (χ1v) is 7.84. The van der Waals surface area contributed by atoms with Crippen molar-refractivity contribution in [2.75, 3.05) is 19.6 Å². The topological polar surface area (TPSA) is 32.3 Å². The van der Waals surface area contributed by atoms with Crippen molar-refractivity contribution in [3.63, 3.8) is 0 Å². The van der Waals surface area contributed by atoms with E-state index in [9.17, 15) is 4.79 Å². The van der Waals surface area contributed by atoms with Gasteiger partial charge in [-0.25, -0.2) is 0 Å². The molecule has 20 heavy (non-hydrogen) atoms. The molecule has 3 heteroatoms. The third-order valence-electron chi connectivity index (χ3n) is 4.24. The molecule has 110 valence electrons. The minimum Gasteiger partial charge on any atom is -0.349 e. The lowest BCUT2D eigenvalue weighted by atomic mass is 10.1. The van der Waals surface area contributed by atoms with Crippen LogP contribution in [0.15, 0.2) is 24.3 Å². The molecule has 0 heterocycles. The summed E-state index contributed by atoms with van der Waals surface area (Å²) < 4.78 is 0. The smallest absolute Gasteiger partial charge is 0.220 e. The number of amides is 1. The van der Waals surface area contributed by atoms with E-state index in [-0.39, 0.29) is 11.9 Å². The van der Waals surface area contributed by atoms with Crippen LogP contribution >= 0.6 is 0 Å². The zero-order chi connectivity index (χ0) is 14.4. The molecular formula is C17H26N2O. The normalized spacial score (nSPS) is 17.2. The summed E-state index contributed by atoms with van der Waals surface area (Å²) >= 11 is 0. The number of nitrogens with zero attached hydrogens (tertiary/aromatic N) is 1. The molecule has 0 spiro atoms. The highest BCUT2D eigenvalue weighted by atomic mass is 16.1. The fourth-order valence-corrected chi connectivity index (χ4v) is 2.98. The highest BCUT2D eigenvalue weighted by molar-refractivity contribution is 5.76. The van der Waals surface area contributed by atoms with Gasteiger partial charge in [0.05, 0.1) is 6.04 Å². The van der Waals surface area contributed by atoms with Crippen LogP contribution in [0.5, 0.6) is 0 Å². The molecule has 0 fully saturated rings. The van der Waals surface area contributed by atoms with Gasteiger partial charge < -0.3 is 10.2 Å². The molecule has 0 bridgehead atoms. The fourth-order valence-electron chi connectivity index (χ4n) is 2.98. The van der Waals surface area contributed by atoms with E-state index in [4.69, 9.17) is 0 Å². The number of carbonyl (C=O) groups excluding carboxylic acids is 1. The van der Waals surface area contributed by atoms with Crippen molar-refractivity contribution < 1.29 is 4.79 Å². The Kier molecular flexibility index (Phi) is 5.60. The lowest BCUT2D eigenvalue weighted by Gasteiger charge is -2.18. The molecule has 0 aliphatic heterocycles. The molecule has 1 aromatic rings. The Bertz CT molecular complexity index is 440. The number of fused-ring (bicyclic) bond motifs is 1. The zero-order valence-corrected chi connectivity index (χ0v) is 12.7. The van der Waals surface area contributed by atoms with Crippen LogP contribution in [-0.2, 0) is 11.2 Å². The standard InChI is InChI=1S/C17H26N2O/c1-3-19(4-2)13-7-10-17(20)18-16-12-11-14-8-5-6-9-15(14)16/h5-6,8-9,16H,3-4,7,10-13H2,1-2H3,(H,18,20). The van der Waals surface area contributed by atoms with Crippen LogP contribution in [0.4, 0.5) is 0 Å². The van der Waals surface area contributed by atoms with E-state index in [1.54, 1.807) is 0 Å². The molecule has 0 radical (unpaired) electrons. The fraction of sp³-hybridized carbons (Fsp3) is 0.588. The summed E-state index contributed by atoms with van der Waals surface area (Å²) in [7, 11) is 0. The lowest BCUT2D eigenvalue weighted by molar-refractivity contribution is -0.122. The van der Waals surface area contributed by atoms with E-state index in [0.717, 1.165) is 38.9 Å². The van der Waals surface area contributed by atoms with Crippen LogP contribution in [-0.4, -0.2) is 30.4 Å². The summed E-state index contributed by atoms with van der Waals surface area (Å²) in [5.41, 5.74) is 2.70. The van der Waals surface area contributed by atoms with Gasteiger partial charge in [0.2, 0.25) is 5.91 Å². The summed E-state index contributed by atoms with van der Waals surface area (Å²) in [6.45, 7) is 7.47. The molecular weight excluding hydrogens is 248 g/mol. The van der Waals surface area contributed by atoms with E-state index in [1.807, 2.05) is 0 Å². The van der Waals surface area contributed by atoms with Crippen molar-refractivity contribution in [2.24, 2.45) is 0 Å². The van der Waals surface area contributed by atoms with Gasteiger partial charge in [-0.2, -0.15) is 0 Å². The molecule has 0 saturated carbocycles. The van der Waals surface area contributed by atoms with Crippen LogP contribution in [0.25, 0.3) is 0 Å². The maximum Gasteiger partial charge on any atom is 0.220 e. The quantitative estimate of drug-likeness (QED) is 0.829. The highest BCUT2D eigenvalue weighted by Crippen LogP contribution is 2.30. The second-order valence-corrected chi connectivity index (χ2v) is 5.49. The van der Waals surface area contributed by atoms with Gasteiger partial charge in [-0.15, -0.1) is 0 Å². The molecule has 1 N–H and O–H groups in total. The predicted octanol–water partition coefficient (Wildman–Crippen LogP) is 2.91. The number of nitrogens with one attached hydrogen (secondary N) is 1. The maximum atomic E-state index is 12.0. The van der Waals surface area contributed by atoms with Crippen molar-refractivity contribution in [3.8, 4) is 0 Å². The van der Waals surface area contributed by atoms with Crippen LogP contribution in [0.3, 0.4) is 0 Å². The molecule has 3 nitrogen and oxygen atoms in total. The first-order chi connectivity index (χ1) is 9.74. The van der Waals surface area contributed by atoms with Gasteiger partial charge in [-0.1, -0.05) is 38.1 Å². The third kappa shape index (κ3) is 3.83. The minimum absolute atomic E-state index is 0.193. The van der Waals surface area contributed by atoms with E-state index in [1.165, 1.54) is 11.1 Å². The van der Waals surface area contributed by atoms with E-state index < -0.39 is 0 Å². The second-order valence-electron chi connectivity index (χ2n) is 5.49. The maximum absolute atomic E-state index is 12.0. The predicted molar refractivity (Wildman–Crippen MR) is 82.7 cm³/mol. The first-order valence-electron chi connectivity index (χ1n) is 7.84. The van der Waals surface area contributed by atoms with Crippen molar-refractivity contribution in [1.82, 2.24) is 10.2 Å². The van der Waals surface area contributed by atoms with Gasteiger partial charge >= 0.3 is 0 Å². The van der Waals surface area contributed by atoms with Gasteiger partial charge in [0, 0.05) is 6.42 Å². The van der Waals surface area contributed by atoms with Crippen molar-refractivity contribution >= 4 is 5.91 Å². The molecule has 0 saturated heterocycles. The summed E-state index contributed by atoms with van der Waals surface area (Å²) in [4.78, 5) is 14.4. The highest BCUT2D eigenvalue weighted by Gasteiger charge is 2.22. The van der Waals surface area contributed by atoms with Crippen molar-refractivity contribution in [3.05, 3.63) is 35.4 Å². The van der Waals surface area contributed by atoms with Crippen LogP contribution in [0.1, 0.15) is 50.3 Å². The number of carbonyl (C=O) groups is 1. The number of hydrogen-bond acceptors (Lipinski definition) is 2. The Balaban J connectivity index is 1.76. The summed E-state index contributed by atoms with van der Waals surface area (Å²) in [6, 6.07) is 8.68. The monoisotopic (exact) mass is 274 g/mol. The van der Waals surface area contributed by atoms with Gasteiger partial charge in [0.1, 0.15) is 0 Å². The number of aryl methyl sites for hydroxylation is 1. The Morgan fingerprint density at radius 2 is 2.05 bits per heavy atom. The van der Waals surface area contributed by atoms with Crippen molar-refractivity contribution in [1.29, 1.82) is 0 Å². The summed E-state index contributed by atoms with van der Waals surface area (Å²) in [5.74, 6) is 0.193. The molecule has 1 aliphatic carbocycles. The largest absolute Gasteiger partial charge is 0.349 e. The number of hydrogen-bond donors (Lipinski definition) is 1. The molecule has 1 unspecified atom stereocenters. The summed E-state index contributed by atoms with van der Waals surface area (Å²) in [6.07, 6.45) is 3.71. The third-order valence-corrected chi connectivity index (χ3v) is 4.24. The average Bonchev–Trinajstić information content (AvgIpc) is 2.87. The van der Waals surface area contributed by atoms with Gasteiger partial charge in [0.25, 0.3) is 0 Å². The Morgan fingerprint density at radius 3 is 2.80 bits per heavy atom. The van der Waals surface area contributed by atoms with Gasteiger partial charge in [-0.3, -0.25) is 4.79 Å². The molecule has 1 aliphatic rings. The van der Waals surface area contributed by atoms with Gasteiger partial charge in [-0.05, 0) is 50.0 Å². The minimum atomic E-state index is 0.193. The van der Waals surface area contributed by atoms with Crippen molar-refractivity contribution in [2.45, 2.75) is 45.6 Å². The summed E-state index contributed by atoms with van der Waals surface area (Å²) in [5, 5.41) is 3.19. The Morgan fingerprint density at radius 1 is 1.30 bits per heavy atom. The van der Waals surface area contributed by atoms with E-state index in [0.29, 0.717) is 6.42 Å². The lowest BCUT2D eigenvalue weighted by Crippen LogP contribution is -2.29. The van der Waals surface area contributed by atoms with Crippen LogP contribution < -0.4 is 5.32 Å². The van der Waals surface area contributed by atoms with E-state index >= 15 is 0 Å². The zero-order valence-electron chi connectivity index (χ0n) is 12.7. The number of rotatable bonds is 7. The van der Waals surface area contributed by atoms with Gasteiger partial charge in [0.15, 0.2) is 0 Å². The Hall–Kier alpha value is -1.35. The number of benzene rings is 1. The second kappa shape index (κ2) is 7.44. The SMILES string of the molecule is CCN(CC)CCCC(=O)NC1CCc2ccccc21. The molecule has 0 aromatic heterocycles. The molecule has 2 rings (SSSR count). The van der Waals surface area contributed by atoms with Crippen LogP contribution in [0, 0.1) is 0 Å². The Labute approximate surface area is 122 Å². The first kappa shape index (κ1) is 15.0.